The number of ether oxygens (including phenoxy) is 1. The summed E-state index contributed by atoms with van der Waals surface area (Å²) in [6, 6.07) is 3.07. The largest absolute Gasteiger partial charge is 0.416 e. The highest BCUT2D eigenvalue weighted by molar-refractivity contribution is 6.33. The van der Waals surface area contributed by atoms with Gasteiger partial charge >= 0.3 is 6.18 Å². The first kappa shape index (κ1) is 15.1. The Bertz CT molecular complexity index is 385. The van der Waals surface area contributed by atoms with Gasteiger partial charge in [-0.15, -0.1) is 0 Å². The fourth-order valence-corrected chi connectivity index (χ4v) is 1.45. The fourth-order valence-electron chi connectivity index (χ4n) is 1.26. The lowest BCUT2D eigenvalue weighted by molar-refractivity contribution is -0.137. The first-order chi connectivity index (χ1) is 8.45. The number of aliphatic hydroxyl groups is 1. The minimum atomic E-state index is -4.39. The molecule has 0 spiro atoms. The van der Waals surface area contributed by atoms with Gasteiger partial charge in [-0.25, -0.2) is 0 Å². The predicted octanol–water partition coefficient (Wildman–Crippen LogP) is 2.78. The molecule has 18 heavy (non-hydrogen) atoms. The zero-order valence-corrected chi connectivity index (χ0v) is 10.2. The Morgan fingerprint density at radius 3 is 2.61 bits per heavy atom. The van der Waals surface area contributed by atoms with Crippen LogP contribution in [0.3, 0.4) is 0 Å². The van der Waals surface area contributed by atoms with Crippen LogP contribution < -0.4 is 5.32 Å². The van der Waals surface area contributed by atoms with E-state index in [2.05, 4.69) is 5.32 Å². The Kier molecular flexibility index (Phi) is 5.71. The van der Waals surface area contributed by atoms with Gasteiger partial charge in [0.2, 0.25) is 0 Å². The Morgan fingerprint density at radius 2 is 2.00 bits per heavy atom. The van der Waals surface area contributed by atoms with Gasteiger partial charge in [0.25, 0.3) is 0 Å². The van der Waals surface area contributed by atoms with Crippen molar-refractivity contribution in [3.63, 3.8) is 0 Å². The summed E-state index contributed by atoms with van der Waals surface area (Å²) < 4.78 is 42.4. The van der Waals surface area contributed by atoms with Crippen molar-refractivity contribution in [2.75, 3.05) is 31.7 Å². The average Bonchev–Trinajstić information content (AvgIpc) is 2.29. The Hall–Kier alpha value is -0.980. The van der Waals surface area contributed by atoms with Crippen LogP contribution in [-0.2, 0) is 10.9 Å². The molecule has 0 atom stereocenters. The molecule has 0 bridgehead atoms. The van der Waals surface area contributed by atoms with Gasteiger partial charge < -0.3 is 15.2 Å². The first-order valence-electron chi connectivity index (χ1n) is 5.24. The van der Waals surface area contributed by atoms with E-state index in [4.69, 9.17) is 21.4 Å². The SMILES string of the molecule is OCCOCCNc1cc(C(F)(F)F)ccc1Cl. The highest BCUT2D eigenvalue weighted by Crippen LogP contribution is 2.33. The van der Waals surface area contributed by atoms with Crippen LogP contribution >= 0.6 is 11.6 Å². The third-order valence-electron chi connectivity index (χ3n) is 2.09. The van der Waals surface area contributed by atoms with Crippen molar-refractivity contribution in [1.82, 2.24) is 0 Å². The van der Waals surface area contributed by atoms with Gasteiger partial charge in [0.05, 0.1) is 36.1 Å². The van der Waals surface area contributed by atoms with Crippen molar-refractivity contribution >= 4 is 17.3 Å². The van der Waals surface area contributed by atoms with E-state index in [9.17, 15) is 13.2 Å². The molecule has 0 fully saturated rings. The van der Waals surface area contributed by atoms with Crippen LogP contribution in [0, 0.1) is 0 Å². The topological polar surface area (TPSA) is 41.5 Å². The van der Waals surface area contributed by atoms with Crippen molar-refractivity contribution in [2.24, 2.45) is 0 Å². The monoisotopic (exact) mass is 283 g/mol. The predicted molar refractivity (Wildman–Crippen MR) is 62.8 cm³/mol. The van der Waals surface area contributed by atoms with E-state index in [1.54, 1.807) is 0 Å². The van der Waals surface area contributed by atoms with Crippen molar-refractivity contribution in [3.8, 4) is 0 Å². The zero-order chi connectivity index (χ0) is 13.6. The molecular formula is C11H13ClF3NO2. The second-order valence-corrected chi connectivity index (χ2v) is 3.86. The van der Waals surface area contributed by atoms with Crippen molar-refractivity contribution in [2.45, 2.75) is 6.18 Å². The molecule has 0 amide bonds. The van der Waals surface area contributed by atoms with E-state index in [-0.39, 0.29) is 30.5 Å². The van der Waals surface area contributed by atoms with E-state index < -0.39 is 11.7 Å². The maximum absolute atomic E-state index is 12.5. The van der Waals surface area contributed by atoms with Crippen LogP contribution in [0.25, 0.3) is 0 Å². The molecule has 1 aromatic rings. The van der Waals surface area contributed by atoms with Crippen LogP contribution in [0.1, 0.15) is 5.56 Å². The van der Waals surface area contributed by atoms with E-state index in [0.717, 1.165) is 12.1 Å². The molecule has 0 aliphatic rings. The Labute approximate surface area is 108 Å². The summed E-state index contributed by atoms with van der Waals surface area (Å²) in [4.78, 5) is 0. The van der Waals surface area contributed by atoms with Gasteiger partial charge in [-0.05, 0) is 18.2 Å². The summed E-state index contributed by atoms with van der Waals surface area (Å²) in [5.41, 5.74) is -0.551. The standard InChI is InChI=1S/C11H13ClF3NO2/c12-9-2-1-8(11(13,14)15)7-10(9)16-3-5-18-6-4-17/h1-2,7,16-17H,3-6H2. The number of anilines is 1. The van der Waals surface area contributed by atoms with Gasteiger partial charge in [0, 0.05) is 6.54 Å². The normalized spacial score (nSPS) is 11.6. The zero-order valence-electron chi connectivity index (χ0n) is 9.43. The second-order valence-electron chi connectivity index (χ2n) is 3.46. The minimum absolute atomic E-state index is 0.0929. The average molecular weight is 284 g/mol. The summed E-state index contributed by atoms with van der Waals surface area (Å²) in [6.07, 6.45) is -4.39. The van der Waals surface area contributed by atoms with Crippen LogP contribution in [0.5, 0.6) is 0 Å². The summed E-state index contributed by atoms with van der Waals surface area (Å²) >= 11 is 5.78. The summed E-state index contributed by atoms with van der Waals surface area (Å²) in [5.74, 6) is 0. The number of halogens is 4. The molecule has 1 rings (SSSR count). The number of aliphatic hydroxyl groups excluding tert-OH is 1. The highest BCUT2D eigenvalue weighted by atomic mass is 35.5. The van der Waals surface area contributed by atoms with Crippen molar-refractivity contribution in [1.29, 1.82) is 0 Å². The smallest absolute Gasteiger partial charge is 0.394 e. The molecule has 0 unspecified atom stereocenters. The van der Waals surface area contributed by atoms with E-state index in [1.807, 2.05) is 0 Å². The summed E-state index contributed by atoms with van der Waals surface area (Å²) in [6.45, 7) is 0.677. The van der Waals surface area contributed by atoms with Crippen molar-refractivity contribution in [3.05, 3.63) is 28.8 Å². The third-order valence-corrected chi connectivity index (χ3v) is 2.42. The van der Waals surface area contributed by atoms with Gasteiger partial charge in [-0.3, -0.25) is 0 Å². The van der Waals surface area contributed by atoms with E-state index >= 15 is 0 Å². The molecule has 0 aromatic heterocycles. The minimum Gasteiger partial charge on any atom is -0.394 e. The van der Waals surface area contributed by atoms with Crippen LogP contribution in [0.4, 0.5) is 18.9 Å². The molecule has 2 N–H and O–H groups in total. The summed E-state index contributed by atoms with van der Waals surface area (Å²) in [5, 5.41) is 11.4. The van der Waals surface area contributed by atoms with Gasteiger partial charge in [-0.1, -0.05) is 11.6 Å². The molecule has 0 radical (unpaired) electrons. The first-order valence-corrected chi connectivity index (χ1v) is 5.62. The van der Waals surface area contributed by atoms with Crippen LogP contribution in [-0.4, -0.2) is 31.5 Å². The number of hydrogen-bond acceptors (Lipinski definition) is 3. The molecule has 0 aliphatic carbocycles. The fraction of sp³-hybridized carbons (Fsp3) is 0.455. The van der Waals surface area contributed by atoms with Crippen LogP contribution in [0.2, 0.25) is 5.02 Å². The maximum Gasteiger partial charge on any atom is 0.416 e. The molecule has 3 nitrogen and oxygen atoms in total. The van der Waals surface area contributed by atoms with Crippen LogP contribution in [0.15, 0.2) is 18.2 Å². The lowest BCUT2D eigenvalue weighted by atomic mass is 10.2. The molecule has 102 valence electrons. The van der Waals surface area contributed by atoms with E-state index in [1.165, 1.54) is 6.07 Å². The lowest BCUT2D eigenvalue weighted by Gasteiger charge is -2.12. The molecular weight excluding hydrogens is 271 g/mol. The number of nitrogens with one attached hydrogen (secondary N) is 1. The number of rotatable bonds is 6. The third kappa shape index (κ3) is 4.72. The molecule has 0 saturated heterocycles. The van der Waals surface area contributed by atoms with Gasteiger partial charge in [-0.2, -0.15) is 13.2 Å². The second kappa shape index (κ2) is 6.82. The van der Waals surface area contributed by atoms with Crippen molar-refractivity contribution < 1.29 is 23.0 Å². The van der Waals surface area contributed by atoms with Gasteiger partial charge in [0.1, 0.15) is 0 Å². The highest BCUT2D eigenvalue weighted by Gasteiger charge is 2.30. The maximum atomic E-state index is 12.5. The Morgan fingerprint density at radius 1 is 1.28 bits per heavy atom. The quantitative estimate of drug-likeness (QED) is 0.789. The van der Waals surface area contributed by atoms with E-state index in [0.29, 0.717) is 6.54 Å². The van der Waals surface area contributed by atoms with Gasteiger partial charge in [0.15, 0.2) is 0 Å². The number of alkyl halides is 3. The molecule has 0 saturated carbocycles. The lowest BCUT2D eigenvalue weighted by Crippen LogP contribution is -2.12. The number of benzene rings is 1. The summed E-state index contributed by atoms with van der Waals surface area (Å²) in [7, 11) is 0. The Balaban J connectivity index is 2.59. The number of hydrogen-bond donors (Lipinski definition) is 2. The molecule has 0 aliphatic heterocycles. The molecule has 0 heterocycles. The molecule has 7 heteroatoms. The molecule has 1 aromatic carbocycles.